The molecule has 2 amide bonds. The Morgan fingerprint density at radius 2 is 1.67 bits per heavy atom. The first-order valence-corrected chi connectivity index (χ1v) is 11.2. The molecule has 0 bridgehead atoms. The van der Waals surface area contributed by atoms with Crippen LogP contribution < -0.4 is 9.64 Å². The Bertz CT molecular complexity index is 857. The van der Waals surface area contributed by atoms with Crippen molar-refractivity contribution in [2.24, 2.45) is 0 Å². The molecule has 2 aromatic rings. The van der Waals surface area contributed by atoms with Crippen LogP contribution in [0.3, 0.4) is 0 Å². The molecule has 0 spiro atoms. The van der Waals surface area contributed by atoms with Crippen LogP contribution in [0, 0.1) is 0 Å². The van der Waals surface area contributed by atoms with Crippen LogP contribution in [-0.4, -0.2) is 92.5 Å². The Morgan fingerprint density at radius 3 is 2.33 bits per heavy atom. The molecule has 0 saturated carbocycles. The molecule has 7 nitrogen and oxygen atoms in total. The highest BCUT2D eigenvalue weighted by molar-refractivity contribution is 7.12. The Kier molecular flexibility index (Phi) is 6.54. The molecule has 4 rings (SSSR count). The average Bonchev–Trinajstić information content (AvgIpc) is 3.34. The van der Waals surface area contributed by atoms with E-state index in [0.29, 0.717) is 32.7 Å². The van der Waals surface area contributed by atoms with Gasteiger partial charge in [-0.15, -0.1) is 11.3 Å². The summed E-state index contributed by atoms with van der Waals surface area (Å²) in [5.74, 6) is 1.10. The number of anilines is 1. The predicted molar refractivity (Wildman–Crippen MR) is 118 cm³/mol. The summed E-state index contributed by atoms with van der Waals surface area (Å²) in [7, 11) is 1.68. The van der Waals surface area contributed by atoms with Gasteiger partial charge in [-0.05, 0) is 23.6 Å². The summed E-state index contributed by atoms with van der Waals surface area (Å²) >= 11 is 1.47. The molecule has 3 heterocycles. The van der Waals surface area contributed by atoms with E-state index in [4.69, 9.17) is 4.74 Å². The molecule has 1 aromatic heterocycles. The molecular weight excluding hydrogens is 400 g/mol. The van der Waals surface area contributed by atoms with Gasteiger partial charge in [-0.2, -0.15) is 0 Å². The fraction of sp³-hybridized carbons (Fsp3) is 0.455. The Balaban J connectivity index is 1.22. The van der Waals surface area contributed by atoms with E-state index in [0.717, 1.165) is 42.5 Å². The Labute approximate surface area is 181 Å². The van der Waals surface area contributed by atoms with Crippen LogP contribution >= 0.6 is 11.3 Å². The van der Waals surface area contributed by atoms with E-state index in [2.05, 4.69) is 21.9 Å². The second kappa shape index (κ2) is 9.49. The number of carbonyl (C=O) groups is 2. The molecule has 1 aromatic carbocycles. The van der Waals surface area contributed by atoms with E-state index in [1.165, 1.54) is 11.3 Å². The Morgan fingerprint density at radius 1 is 0.933 bits per heavy atom. The summed E-state index contributed by atoms with van der Waals surface area (Å²) < 4.78 is 5.32. The van der Waals surface area contributed by atoms with E-state index < -0.39 is 0 Å². The third-order valence-electron chi connectivity index (χ3n) is 5.80. The van der Waals surface area contributed by atoms with E-state index in [1.807, 2.05) is 39.4 Å². The highest BCUT2D eigenvalue weighted by atomic mass is 32.1. The maximum Gasteiger partial charge on any atom is 0.264 e. The second-order valence-electron chi connectivity index (χ2n) is 7.61. The second-order valence-corrected chi connectivity index (χ2v) is 8.56. The monoisotopic (exact) mass is 428 g/mol. The van der Waals surface area contributed by atoms with Crippen molar-refractivity contribution in [1.29, 1.82) is 0 Å². The molecule has 2 fully saturated rings. The SMILES string of the molecule is COc1cccc(N2CCN(CC(=O)N3CCN(C(=O)c4cccs4)CC3)CC2)c1. The molecule has 2 saturated heterocycles. The predicted octanol–water partition coefficient (Wildman–Crippen LogP) is 1.86. The molecule has 160 valence electrons. The lowest BCUT2D eigenvalue weighted by Gasteiger charge is -2.38. The lowest BCUT2D eigenvalue weighted by Crippen LogP contribution is -2.54. The maximum absolute atomic E-state index is 12.8. The van der Waals surface area contributed by atoms with E-state index >= 15 is 0 Å². The number of hydrogen-bond donors (Lipinski definition) is 0. The molecular formula is C22H28N4O3S. The largest absolute Gasteiger partial charge is 0.497 e. The first-order chi connectivity index (χ1) is 14.6. The molecule has 2 aliphatic heterocycles. The average molecular weight is 429 g/mol. The summed E-state index contributed by atoms with van der Waals surface area (Å²) in [6, 6.07) is 11.9. The van der Waals surface area contributed by atoms with Crippen LogP contribution in [0.1, 0.15) is 9.67 Å². The number of carbonyl (C=O) groups excluding carboxylic acids is 2. The van der Waals surface area contributed by atoms with Gasteiger partial charge in [-0.25, -0.2) is 0 Å². The van der Waals surface area contributed by atoms with Crippen LogP contribution in [0.4, 0.5) is 5.69 Å². The van der Waals surface area contributed by atoms with Gasteiger partial charge >= 0.3 is 0 Å². The number of nitrogens with zero attached hydrogens (tertiary/aromatic N) is 4. The number of ether oxygens (including phenoxy) is 1. The smallest absolute Gasteiger partial charge is 0.264 e. The topological polar surface area (TPSA) is 56.3 Å². The van der Waals surface area contributed by atoms with Crippen molar-refractivity contribution >= 4 is 28.8 Å². The van der Waals surface area contributed by atoms with E-state index in [-0.39, 0.29) is 11.8 Å². The normalized spacial score (nSPS) is 17.8. The quantitative estimate of drug-likeness (QED) is 0.728. The number of amides is 2. The molecule has 30 heavy (non-hydrogen) atoms. The molecule has 8 heteroatoms. The van der Waals surface area contributed by atoms with Crippen molar-refractivity contribution in [3.63, 3.8) is 0 Å². The van der Waals surface area contributed by atoms with Crippen LogP contribution in [0.25, 0.3) is 0 Å². The third-order valence-corrected chi connectivity index (χ3v) is 6.66. The van der Waals surface area contributed by atoms with Gasteiger partial charge in [0, 0.05) is 64.1 Å². The number of rotatable bonds is 5. The number of methoxy groups -OCH3 is 1. The molecule has 0 radical (unpaired) electrons. The highest BCUT2D eigenvalue weighted by Gasteiger charge is 2.27. The van der Waals surface area contributed by atoms with Crippen molar-refractivity contribution in [2.75, 3.05) is 70.9 Å². The number of thiophene rings is 1. The number of benzene rings is 1. The van der Waals surface area contributed by atoms with E-state index in [1.54, 1.807) is 7.11 Å². The molecule has 0 N–H and O–H groups in total. The van der Waals surface area contributed by atoms with Gasteiger partial charge in [-0.3, -0.25) is 14.5 Å². The molecule has 0 aliphatic carbocycles. The summed E-state index contributed by atoms with van der Waals surface area (Å²) in [5.41, 5.74) is 1.16. The van der Waals surface area contributed by atoms with Crippen LogP contribution in [0.2, 0.25) is 0 Å². The Hall–Kier alpha value is -2.58. The van der Waals surface area contributed by atoms with Gasteiger partial charge in [-0.1, -0.05) is 12.1 Å². The minimum Gasteiger partial charge on any atom is -0.497 e. The van der Waals surface area contributed by atoms with Crippen LogP contribution in [0.5, 0.6) is 5.75 Å². The first kappa shape index (κ1) is 20.7. The van der Waals surface area contributed by atoms with Gasteiger partial charge in [0.05, 0.1) is 18.5 Å². The van der Waals surface area contributed by atoms with Crippen molar-refractivity contribution < 1.29 is 14.3 Å². The number of piperazine rings is 2. The summed E-state index contributed by atoms with van der Waals surface area (Å²) in [5, 5.41) is 1.92. The van der Waals surface area contributed by atoms with Gasteiger partial charge < -0.3 is 19.4 Å². The van der Waals surface area contributed by atoms with Gasteiger partial charge in [0.1, 0.15) is 5.75 Å². The zero-order valence-electron chi connectivity index (χ0n) is 17.3. The van der Waals surface area contributed by atoms with Gasteiger partial charge in [0.2, 0.25) is 5.91 Å². The van der Waals surface area contributed by atoms with Crippen molar-refractivity contribution in [3.05, 3.63) is 46.7 Å². The van der Waals surface area contributed by atoms with Crippen LogP contribution in [0.15, 0.2) is 41.8 Å². The fourth-order valence-electron chi connectivity index (χ4n) is 3.98. The maximum atomic E-state index is 12.8. The molecule has 0 atom stereocenters. The zero-order chi connectivity index (χ0) is 20.9. The lowest BCUT2D eigenvalue weighted by molar-refractivity contribution is -0.134. The summed E-state index contributed by atoms with van der Waals surface area (Å²) in [4.78, 5) is 34.3. The van der Waals surface area contributed by atoms with Gasteiger partial charge in [0.25, 0.3) is 5.91 Å². The molecule has 0 unspecified atom stereocenters. The number of hydrogen-bond acceptors (Lipinski definition) is 6. The van der Waals surface area contributed by atoms with Crippen LogP contribution in [-0.2, 0) is 4.79 Å². The third kappa shape index (κ3) is 4.76. The minimum absolute atomic E-state index is 0.0748. The zero-order valence-corrected chi connectivity index (χ0v) is 18.1. The van der Waals surface area contributed by atoms with Gasteiger partial charge in [0.15, 0.2) is 0 Å². The van der Waals surface area contributed by atoms with E-state index in [9.17, 15) is 9.59 Å². The highest BCUT2D eigenvalue weighted by Crippen LogP contribution is 2.22. The minimum atomic E-state index is 0.0748. The van der Waals surface area contributed by atoms with Crippen molar-refractivity contribution in [3.8, 4) is 5.75 Å². The molecule has 2 aliphatic rings. The van der Waals surface area contributed by atoms with Crippen molar-refractivity contribution in [1.82, 2.24) is 14.7 Å². The fourth-order valence-corrected chi connectivity index (χ4v) is 4.67. The summed E-state index contributed by atoms with van der Waals surface area (Å²) in [6.45, 7) is 6.38. The first-order valence-electron chi connectivity index (χ1n) is 10.4. The summed E-state index contributed by atoms with van der Waals surface area (Å²) in [6.07, 6.45) is 0. The van der Waals surface area contributed by atoms with Crippen molar-refractivity contribution in [2.45, 2.75) is 0 Å². The standard InChI is InChI=1S/C22H28N4O3S/c1-29-19-5-2-4-18(16-19)24-9-7-23(8-10-24)17-21(27)25-11-13-26(14-12-25)22(28)20-6-3-15-30-20/h2-6,15-16H,7-14,17H2,1H3. The lowest BCUT2D eigenvalue weighted by atomic mass is 10.2.